The standard InChI is InChI=1S/C28H25N5O/c1-19(2)20-11-13-21(14-12-20)28(34)31-24-10-6-7-22(17-24)25-18-33-16-15-29-27(33)26(32-25)30-23-8-4-3-5-9-23/h3-19H,1-2H3,(H,30,32)(H,31,34). The van der Waals surface area contributed by atoms with Gasteiger partial charge in [-0.2, -0.15) is 0 Å². The third-order valence-corrected chi connectivity index (χ3v) is 5.67. The van der Waals surface area contributed by atoms with Gasteiger partial charge in [0.2, 0.25) is 0 Å². The molecule has 2 aromatic heterocycles. The van der Waals surface area contributed by atoms with E-state index in [0.717, 1.165) is 22.6 Å². The van der Waals surface area contributed by atoms with Gasteiger partial charge in [-0.05, 0) is 47.9 Å². The average Bonchev–Trinajstić information content (AvgIpc) is 3.34. The number of nitrogens with zero attached hydrogens (tertiary/aromatic N) is 3. The van der Waals surface area contributed by atoms with E-state index >= 15 is 0 Å². The lowest BCUT2D eigenvalue weighted by atomic mass is 10.0. The number of fused-ring (bicyclic) bond motifs is 1. The number of rotatable bonds is 6. The van der Waals surface area contributed by atoms with Gasteiger partial charge in [-0.15, -0.1) is 0 Å². The maximum absolute atomic E-state index is 12.8. The number of carbonyl (C=O) groups excluding carboxylic acids is 1. The number of anilines is 3. The second-order valence-corrected chi connectivity index (χ2v) is 8.44. The highest BCUT2D eigenvalue weighted by Crippen LogP contribution is 2.26. The molecule has 1 amide bonds. The molecule has 2 N–H and O–H groups in total. The first-order chi connectivity index (χ1) is 16.6. The van der Waals surface area contributed by atoms with E-state index in [1.54, 1.807) is 6.20 Å². The molecule has 0 fully saturated rings. The van der Waals surface area contributed by atoms with Crippen molar-refractivity contribution in [1.29, 1.82) is 0 Å². The molecule has 0 radical (unpaired) electrons. The van der Waals surface area contributed by atoms with Crippen molar-refractivity contribution in [2.45, 2.75) is 19.8 Å². The Morgan fingerprint density at radius 3 is 2.44 bits per heavy atom. The Hall–Kier alpha value is -4.45. The quantitative estimate of drug-likeness (QED) is 0.311. The van der Waals surface area contributed by atoms with Crippen molar-refractivity contribution in [2.75, 3.05) is 10.6 Å². The fraction of sp³-hybridized carbons (Fsp3) is 0.107. The first-order valence-corrected chi connectivity index (χ1v) is 11.2. The van der Waals surface area contributed by atoms with E-state index in [-0.39, 0.29) is 5.91 Å². The Labute approximate surface area is 198 Å². The number of aromatic nitrogens is 3. The predicted octanol–water partition coefficient (Wildman–Crippen LogP) is 6.52. The Balaban J connectivity index is 1.42. The summed E-state index contributed by atoms with van der Waals surface area (Å²) in [6.07, 6.45) is 5.57. The fourth-order valence-corrected chi connectivity index (χ4v) is 3.79. The van der Waals surface area contributed by atoms with E-state index < -0.39 is 0 Å². The van der Waals surface area contributed by atoms with Crippen molar-refractivity contribution in [3.63, 3.8) is 0 Å². The first kappa shape index (κ1) is 21.4. The van der Waals surface area contributed by atoms with Crippen LogP contribution in [0.3, 0.4) is 0 Å². The van der Waals surface area contributed by atoms with Crippen LogP contribution in [0.25, 0.3) is 16.9 Å². The molecule has 0 spiro atoms. The van der Waals surface area contributed by atoms with Crippen LogP contribution in [0.1, 0.15) is 35.7 Å². The van der Waals surface area contributed by atoms with Crippen LogP contribution in [0.4, 0.5) is 17.2 Å². The highest BCUT2D eigenvalue weighted by molar-refractivity contribution is 6.04. The fourth-order valence-electron chi connectivity index (χ4n) is 3.79. The van der Waals surface area contributed by atoms with E-state index in [1.807, 2.05) is 95.7 Å². The zero-order valence-corrected chi connectivity index (χ0v) is 19.1. The van der Waals surface area contributed by atoms with E-state index in [9.17, 15) is 4.79 Å². The number of benzene rings is 3. The number of hydrogen-bond donors (Lipinski definition) is 2. The van der Waals surface area contributed by atoms with Crippen molar-refractivity contribution in [3.8, 4) is 11.3 Å². The summed E-state index contributed by atoms with van der Waals surface area (Å²) < 4.78 is 1.94. The van der Waals surface area contributed by atoms with Crippen molar-refractivity contribution in [3.05, 3.63) is 109 Å². The van der Waals surface area contributed by atoms with Gasteiger partial charge in [-0.3, -0.25) is 4.79 Å². The molecular weight excluding hydrogens is 422 g/mol. The topological polar surface area (TPSA) is 71.3 Å². The largest absolute Gasteiger partial charge is 0.337 e. The minimum absolute atomic E-state index is 0.142. The summed E-state index contributed by atoms with van der Waals surface area (Å²) in [6, 6.07) is 25.3. The molecule has 5 rings (SSSR count). The average molecular weight is 448 g/mol. The summed E-state index contributed by atoms with van der Waals surface area (Å²) >= 11 is 0. The SMILES string of the molecule is CC(C)c1ccc(C(=O)Nc2cccc(-c3cn4ccnc4c(Nc4ccccc4)n3)c2)cc1. The molecule has 2 heterocycles. The molecule has 0 aliphatic heterocycles. The van der Waals surface area contributed by atoms with Gasteiger partial charge in [0.1, 0.15) is 0 Å². The van der Waals surface area contributed by atoms with Gasteiger partial charge >= 0.3 is 0 Å². The van der Waals surface area contributed by atoms with Gasteiger partial charge in [0, 0.05) is 41.1 Å². The summed E-state index contributed by atoms with van der Waals surface area (Å²) in [5, 5.41) is 6.36. The zero-order chi connectivity index (χ0) is 23.5. The third kappa shape index (κ3) is 4.52. The molecule has 6 heteroatoms. The maximum atomic E-state index is 12.8. The lowest BCUT2D eigenvalue weighted by Gasteiger charge is -2.11. The molecular formula is C28H25N5O. The van der Waals surface area contributed by atoms with Crippen LogP contribution >= 0.6 is 0 Å². The smallest absolute Gasteiger partial charge is 0.255 e. The van der Waals surface area contributed by atoms with E-state index in [1.165, 1.54) is 5.56 Å². The predicted molar refractivity (Wildman–Crippen MR) is 137 cm³/mol. The lowest BCUT2D eigenvalue weighted by Crippen LogP contribution is -2.12. The van der Waals surface area contributed by atoms with Crippen molar-refractivity contribution < 1.29 is 4.79 Å². The number of carbonyl (C=O) groups is 1. The van der Waals surface area contributed by atoms with Crippen LogP contribution in [0.2, 0.25) is 0 Å². The molecule has 0 aliphatic rings. The van der Waals surface area contributed by atoms with Crippen LogP contribution in [-0.4, -0.2) is 20.3 Å². The molecule has 3 aromatic carbocycles. The summed E-state index contributed by atoms with van der Waals surface area (Å²) in [5.41, 5.74) is 5.87. The zero-order valence-electron chi connectivity index (χ0n) is 19.1. The number of amides is 1. The molecule has 0 saturated heterocycles. The summed E-state index contributed by atoms with van der Waals surface area (Å²) in [6.45, 7) is 4.27. The van der Waals surface area contributed by atoms with Gasteiger partial charge < -0.3 is 15.0 Å². The minimum Gasteiger partial charge on any atom is -0.337 e. The molecule has 0 aliphatic carbocycles. The molecule has 6 nitrogen and oxygen atoms in total. The monoisotopic (exact) mass is 447 g/mol. The second kappa shape index (κ2) is 9.19. The van der Waals surface area contributed by atoms with Gasteiger partial charge in [-0.1, -0.05) is 56.3 Å². The van der Waals surface area contributed by atoms with Crippen molar-refractivity contribution >= 4 is 28.7 Å². The minimum atomic E-state index is -0.142. The highest BCUT2D eigenvalue weighted by atomic mass is 16.1. The normalized spacial score (nSPS) is 11.0. The molecule has 5 aromatic rings. The van der Waals surface area contributed by atoms with Crippen LogP contribution in [0.15, 0.2) is 97.5 Å². The Kier molecular flexibility index (Phi) is 5.79. The third-order valence-electron chi connectivity index (χ3n) is 5.67. The van der Waals surface area contributed by atoms with Crippen LogP contribution < -0.4 is 10.6 Å². The number of hydrogen-bond acceptors (Lipinski definition) is 4. The Morgan fingerprint density at radius 1 is 0.912 bits per heavy atom. The van der Waals surface area contributed by atoms with Crippen molar-refractivity contribution in [1.82, 2.24) is 14.4 Å². The number of imidazole rings is 1. The van der Waals surface area contributed by atoms with Gasteiger partial charge in [0.25, 0.3) is 5.91 Å². The lowest BCUT2D eigenvalue weighted by molar-refractivity contribution is 0.102. The Morgan fingerprint density at radius 2 is 1.68 bits per heavy atom. The molecule has 0 bridgehead atoms. The van der Waals surface area contributed by atoms with E-state index in [4.69, 9.17) is 4.98 Å². The van der Waals surface area contributed by atoms with E-state index in [2.05, 4.69) is 29.5 Å². The highest BCUT2D eigenvalue weighted by Gasteiger charge is 2.12. The van der Waals surface area contributed by atoms with E-state index in [0.29, 0.717) is 23.0 Å². The van der Waals surface area contributed by atoms with Gasteiger partial charge in [-0.25, -0.2) is 9.97 Å². The van der Waals surface area contributed by atoms with Gasteiger partial charge in [0.15, 0.2) is 11.5 Å². The first-order valence-electron chi connectivity index (χ1n) is 11.2. The molecule has 0 saturated carbocycles. The summed E-state index contributed by atoms with van der Waals surface area (Å²) in [5.74, 6) is 0.945. The van der Waals surface area contributed by atoms with Crippen LogP contribution in [0, 0.1) is 0 Å². The second-order valence-electron chi connectivity index (χ2n) is 8.44. The number of para-hydroxylation sites is 1. The Bertz CT molecular complexity index is 1440. The molecule has 0 unspecified atom stereocenters. The summed E-state index contributed by atoms with van der Waals surface area (Å²) in [4.78, 5) is 22.1. The van der Waals surface area contributed by atoms with Crippen LogP contribution in [0.5, 0.6) is 0 Å². The molecule has 0 atom stereocenters. The van der Waals surface area contributed by atoms with Crippen molar-refractivity contribution in [2.24, 2.45) is 0 Å². The van der Waals surface area contributed by atoms with Crippen LogP contribution in [-0.2, 0) is 0 Å². The maximum Gasteiger partial charge on any atom is 0.255 e. The number of nitrogens with one attached hydrogen (secondary N) is 2. The van der Waals surface area contributed by atoms with Gasteiger partial charge in [0.05, 0.1) is 5.69 Å². The molecule has 168 valence electrons. The molecule has 34 heavy (non-hydrogen) atoms. The summed E-state index contributed by atoms with van der Waals surface area (Å²) in [7, 11) is 0.